The van der Waals surface area contributed by atoms with Crippen LogP contribution in [0.1, 0.15) is 27.8 Å². The van der Waals surface area contributed by atoms with Crippen LogP contribution < -0.4 is 4.72 Å². The van der Waals surface area contributed by atoms with Crippen LogP contribution in [-0.2, 0) is 14.8 Å². The molecule has 0 saturated carbocycles. The predicted molar refractivity (Wildman–Crippen MR) is 79.0 cm³/mol. The number of nitrogens with one attached hydrogen (secondary N) is 1. The highest BCUT2D eigenvalue weighted by molar-refractivity contribution is 7.89. The fourth-order valence-electron chi connectivity index (χ4n) is 2.28. The molecule has 6 nitrogen and oxygen atoms in total. The van der Waals surface area contributed by atoms with Gasteiger partial charge in [-0.25, -0.2) is 8.42 Å². The highest BCUT2D eigenvalue weighted by Crippen LogP contribution is 2.29. The van der Waals surface area contributed by atoms with Gasteiger partial charge in [-0.3, -0.25) is 4.79 Å². The quantitative estimate of drug-likeness (QED) is 0.750. The molecular weight excluding hydrogens is 294 g/mol. The van der Waals surface area contributed by atoms with Crippen molar-refractivity contribution in [1.29, 1.82) is 0 Å². The molecule has 0 unspecified atom stereocenters. The Balaban J connectivity index is 3.50. The summed E-state index contributed by atoms with van der Waals surface area (Å²) in [6.07, 6.45) is 0. The first-order valence-electron chi connectivity index (χ1n) is 6.47. The molecule has 1 aromatic carbocycles. The van der Waals surface area contributed by atoms with Crippen LogP contribution in [0.3, 0.4) is 0 Å². The van der Waals surface area contributed by atoms with Crippen molar-refractivity contribution >= 4 is 16.0 Å². The maximum atomic E-state index is 12.5. The molecule has 0 heterocycles. The van der Waals surface area contributed by atoms with E-state index in [0.717, 1.165) is 16.7 Å². The number of aliphatic carboxylic acids is 1. The average molecular weight is 315 g/mol. The van der Waals surface area contributed by atoms with Crippen LogP contribution in [0.4, 0.5) is 0 Å². The molecule has 0 aliphatic carbocycles. The number of aliphatic hydroxyl groups excluding tert-OH is 1. The topological polar surface area (TPSA) is 104 Å². The Morgan fingerprint density at radius 2 is 1.38 bits per heavy atom. The Kier molecular flexibility index (Phi) is 5.14. The normalized spacial score (nSPS) is 13.2. The molecule has 0 aliphatic heterocycles. The van der Waals surface area contributed by atoms with E-state index >= 15 is 0 Å². The standard InChI is InChI=1S/C14H21NO5S/c1-7-8(2)10(4)13(11(5)9(7)3)21(19,20)15-12(6-16)14(17)18/h12,15-16H,6H2,1-5H3,(H,17,18)/t12-/m0/s1. The molecule has 0 aliphatic rings. The first-order valence-corrected chi connectivity index (χ1v) is 7.95. The van der Waals surface area contributed by atoms with E-state index in [0.29, 0.717) is 11.1 Å². The number of hydrogen-bond donors (Lipinski definition) is 3. The van der Waals surface area contributed by atoms with Crippen molar-refractivity contribution in [1.82, 2.24) is 4.72 Å². The fourth-order valence-corrected chi connectivity index (χ4v) is 4.06. The molecule has 118 valence electrons. The van der Waals surface area contributed by atoms with E-state index in [-0.39, 0.29) is 4.90 Å². The van der Waals surface area contributed by atoms with E-state index in [1.54, 1.807) is 13.8 Å². The molecule has 0 fully saturated rings. The number of carboxylic acid groups (broad SMARTS) is 1. The first-order chi connectivity index (χ1) is 9.54. The molecule has 1 rings (SSSR count). The Hall–Kier alpha value is -1.44. The van der Waals surface area contributed by atoms with E-state index in [9.17, 15) is 13.2 Å². The van der Waals surface area contributed by atoms with Crippen molar-refractivity contribution < 1.29 is 23.4 Å². The zero-order valence-electron chi connectivity index (χ0n) is 12.8. The summed E-state index contributed by atoms with van der Waals surface area (Å²) in [7, 11) is -4.03. The highest BCUT2D eigenvalue weighted by Gasteiger charge is 2.28. The van der Waals surface area contributed by atoms with E-state index in [4.69, 9.17) is 10.2 Å². The van der Waals surface area contributed by atoms with E-state index < -0.39 is 28.6 Å². The van der Waals surface area contributed by atoms with Crippen molar-refractivity contribution in [2.45, 2.75) is 45.6 Å². The van der Waals surface area contributed by atoms with Gasteiger partial charge in [0.2, 0.25) is 10.0 Å². The Labute approximate surface area is 124 Å². The number of hydrogen-bond acceptors (Lipinski definition) is 4. The summed E-state index contributed by atoms with van der Waals surface area (Å²) in [6.45, 7) is 8.16. The van der Waals surface area contributed by atoms with E-state index in [1.807, 2.05) is 25.5 Å². The lowest BCUT2D eigenvalue weighted by atomic mass is 9.95. The average Bonchev–Trinajstić information content (AvgIpc) is 2.40. The van der Waals surface area contributed by atoms with Gasteiger partial charge >= 0.3 is 5.97 Å². The van der Waals surface area contributed by atoms with Gasteiger partial charge in [-0.1, -0.05) is 0 Å². The molecule has 0 radical (unpaired) electrons. The van der Waals surface area contributed by atoms with Gasteiger partial charge in [0.1, 0.15) is 6.04 Å². The minimum Gasteiger partial charge on any atom is -0.480 e. The molecule has 7 heteroatoms. The van der Waals surface area contributed by atoms with Gasteiger partial charge < -0.3 is 10.2 Å². The lowest BCUT2D eigenvalue weighted by molar-refractivity contribution is -0.139. The number of sulfonamides is 1. The van der Waals surface area contributed by atoms with Gasteiger partial charge in [0, 0.05) is 0 Å². The zero-order valence-corrected chi connectivity index (χ0v) is 13.6. The summed E-state index contributed by atoms with van der Waals surface area (Å²) >= 11 is 0. The summed E-state index contributed by atoms with van der Waals surface area (Å²) in [4.78, 5) is 11.0. The largest absolute Gasteiger partial charge is 0.480 e. The molecular formula is C14H21NO5S. The molecule has 21 heavy (non-hydrogen) atoms. The molecule has 0 bridgehead atoms. The third-order valence-electron chi connectivity index (χ3n) is 3.98. The minimum absolute atomic E-state index is 0.0859. The lowest BCUT2D eigenvalue weighted by Crippen LogP contribution is -2.43. The first kappa shape index (κ1) is 17.6. The van der Waals surface area contributed by atoms with E-state index in [1.165, 1.54) is 0 Å². The van der Waals surface area contributed by atoms with Crippen molar-refractivity contribution in [2.75, 3.05) is 6.61 Å². The van der Waals surface area contributed by atoms with Crippen molar-refractivity contribution in [3.8, 4) is 0 Å². The van der Waals surface area contributed by atoms with Gasteiger partial charge in [0.25, 0.3) is 0 Å². The van der Waals surface area contributed by atoms with E-state index in [2.05, 4.69) is 0 Å². The molecule has 0 amide bonds. The van der Waals surface area contributed by atoms with Crippen molar-refractivity contribution in [3.05, 3.63) is 27.8 Å². The summed E-state index contributed by atoms with van der Waals surface area (Å²) in [5, 5.41) is 17.9. The predicted octanol–water partition coefficient (Wildman–Crippen LogP) is 0.953. The fraction of sp³-hybridized carbons (Fsp3) is 0.500. The van der Waals surface area contributed by atoms with Gasteiger partial charge in [-0.2, -0.15) is 4.72 Å². The molecule has 0 saturated heterocycles. The summed E-state index contributed by atoms with van der Waals surface area (Å²) < 4.78 is 27.0. The van der Waals surface area contributed by atoms with Crippen LogP contribution in [0.25, 0.3) is 0 Å². The second-order valence-corrected chi connectivity index (χ2v) is 6.80. The van der Waals surface area contributed by atoms with Crippen molar-refractivity contribution in [3.63, 3.8) is 0 Å². The Bertz CT molecular complexity index is 650. The lowest BCUT2D eigenvalue weighted by Gasteiger charge is -2.20. The maximum absolute atomic E-state index is 12.5. The highest BCUT2D eigenvalue weighted by atomic mass is 32.2. The monoisotopic (exact) mass is 315 g/mol. The number of carboxylic acids is 1. The Morgan fingerprint density at radius 3 is 1.71 bits per heavy atom. The third kappa shape index (κ3) is 3.25. The van der Waals surface area contributed by atoms with Gasteiger partial charge in [0.05, 0.1) is 11.5 Å². The summed E-state index contributed by atoms with van der Waals surface area (Å²) in [5.41, 5.74) is 3.90. The number of carbonyl (C=O) groups is 1. The zero-order chi connectivity index (χ0) is 16.5. The smallest absolute Gasteiger partial charge is 0.324 e. The maximum Gasteiger partial charge on any atom is 0.324 e. The SMILES string of the molecule is Cc1c(C)c(C)c(S(=O)(=O)N[C@@H](CO)C(=O)O)c(C)c1C. The summed E-state index contributed by atoms with van der Waals surface area (Å²) in [6, 6.07) is -1.56. The molecule has 1 aromatic rings. The molecule has 0 spiro atoms. The molecule has 1 atom stereocenters. The van der Waals surface area contributed by atoms with Crippen LogP contribution in [0.2, 0.25) is 0 Å². The van der Waals surface area contributed by atoms with Crippen molar-refractivity contribution in [2.24, 2.45) is 0 Å². The molecule has 3 N–H and O–H groups in total. The van der Waals surface area contributed by atoms with Gasteiger partial charge in [0.15, 0.2) is 0 Å². The van der Waals surface area contributed by atoms with Crippen LogP contribution in [0.15, 0.2) is 4.90 Å². The molecule has 0 aromatic heterocycles. The Morgan fingerprint density at radius 1 is 1.00 bits per heavy atom. The number of rotatable bonds is 5. The van der Waals surface area contributed by atoms with Crippen LogP contribution >= 0.6 is 0 Å². The van der Waals surface area contributed by atoms with Crippen LogP contribution in [-0.4, -0.2) is 37.2 Å². The number of aliphatic hydroxyl groups is 1. The summed E-state index contributed by atoms with van der Waals surface area (Å²) in [5.74, 6) is -1.42. The second kappa shape index (κ2) is 6.13. The van der Waals surface area contributed by atoms with Crippen LogP contribution in [0, 0.1) is 34.6 Å². The third-order valence-corrected chi connectivity index (χ3v) is 5.72. The second-order valence-electron chi connectivity index (χ2n) is 5.15. The van der Waals surface area contributed by atoms with Gasteiger partial charge in [-0.15, -0.1) is 0 Å². The minimum atomic E-state index is -4.03. The van der Waals surface area contributed by atoms with Gasteiger partial charge in [-0.05, 0) is 62.4 Å². The van der Waals surface area contributed by atoms with Crippen LogP contribution in [0.5, 0.6) is 0 Å². The number of benzene rings is 1.